The monoisotopic (exact) mass is 454 g/mol. The van der Waals surface area contributed by atoms with Gasteiger partial charge in [0.2, 0.25) is 0 Å². The lowest BCUT2D eigenvalue weighted by atomic mass is 10.2. The minimum atomic E-state index is -3.90. The number of ether oxygens (including phenoxy) is 2. The first kappa shape index (κ1) is 20.8. The fraction of sp³-hybridized carbons (Fsp3) is 0.0909. The van der Waals surface area contributed by atoms with E-state index in [-0.39, 0.29) is 22.8 Å². The largest absolute Gasteiger partial charge is 0.497 e. The number of nitrogens with one attached hydrogen (secondary N) is 1. The molecule has 0 spiro atoms. The van der Waals surface area contributed by atoms with Gasteiger partial charge >= 0.3 is 5.97 Å². The molecule has 1 heterocycles. The van der Waals surface area contributed by atoms with Crippen molar-refractivity contribution in [3.63, 3.8) is 0 Å². The van der Waals surface area contributed by atoms with E-state index >= 15 is 0 Å². The van der Waals surface area contributed by atoms with Crippen LogP contribution in [0, 0.1) is 0 Å². The summed E-state index contributed by atoms with van der Waals surface area (Å²) in [5, 5.41) is 0.658. The second-order valence-electron chi connectivity index (χ2n) is 6.48. The minimum absolute atomic E-state index is 0.00224. The highest BCUT2D eigenvalue weighted by molar-refractivity contribution is 7.92. The summed E-state index contributed by atoms with van der Waals surface area (Å²) in [7, 11) is -2.40. The quantitative estimate of drug-likeness (QED) is 0.414. The van der Waals surface area contributed by atoms with E-state index in [1.807, 2.05) is 24.3 Å². The SMILES string of the molecule is COc1ccc(S(=O)(=O)Nc2ccccc2C(=O)OCc2nc3ccccc3s2)cc1. The lowest BCUT2D eigenvalue weighted by Crippen LogP contribution is -2.16. The first-order chi connectivity index (χ1) is 15.0. The van der Waals surface area contributed by atoms with Gasteiger partial charge in [0.25, 0.3) is 10.0 Å². The smallest absolute Gasteiger partial charge is 0.340 e. The summed E-state index contributed by atoms with van der Waals surface area (Å²) < 4.78 is 39.4. The number of hydrogen-bond acceptors (Lipinski definition) is 7. The number of carbonyl (C=O) groups is 1. The average Bonchev–Trinajstić information content (AvgIpc) is 3.21. The molecular weight excluding hydrogens is 436 g/mol. The summed E-state index contributed by atoms with van der Waals surface area (Å²) in [4.78, 5) is 17.1. The summed E-state index contributed by atoms with van der Waals surface area (Å²) in [6.07, 6.45) is 0. The number of carbonyl (C=O) groups excluding carboxylic acids is 1. The Morgan fingerprint density at radius 3 is 2.45 bits per heavy atom. The van der Waals surface area contributed by atoms with Crippen molar-refractivity contribution in [1.29, 1.82) is 0 Å². The van der Waals surface area contributed by atoms with Gasteiger partial charge in [0, 0.05) is 0 Å². The average molecular weight is 455 g/mol. The zero-order valence-electron chi connectivity index (χ0n) is 16.4. The molecule has 0 radical (unpaired) electrons. The van der Waals surface area contributed by atoms with Crippen LogP contribution in [0.1, 0.15) is 15.4 Å². The van der Waals surface area contributed by atoms with Crippen LogP contribution < -0.4 is 9.46 Å². The number of sulfonamides is 1. The van der Waals surface area contributed by atoms with E-state index in [4.69, 9.17) is 9.47 Å². The molecule has 0 saturated heterocycles. The molecule has 0 fully saturated rings. The number of thiazole rings is 1. The van der Waals surface area contributed by atoms with Crippen molar-refractivity contribution >= 4 is 43.2 Å². The van der Waals surface area contributed by atoms with Gasteiger partial charge in [0.15, 0.2) is 0 Å². The number of methoxy groups -OCH3 is 1. The Morgan fingerprint density at radius 2 is 1.71 bits per heavy atom. The molecule has 0 bridgehead atoms. The highest BCUT2D eigenvalue weighted by Gasteiger charge is 2.20. The number of fused-ring (bicyclic) bond motifs is 1. The molecule has 0 aliphatic heterocycles. The predicted molar refractivity (Wildman–Crippen MR) is 119 cm³/mol. The molecule has 4 rings (SSSR count). The highest BCUT2D eigenvalue weighted by atomic mass is 32.2. The first-order valence-corrected chi connectivity index (χ1v) is 11.5. The second kappa shape index (κ2) is 8.75. The molecule has 0 amide bonds. The van der Waals surface area contributed by atoms with Gasteiger partial charge < -0.3 is 9.47 Å². The molecule has 0 atom stereocenters. The fourth-order valence-corrected chi connectivity index (χ4v) is 4.86. The van der Waals surface area contributed by atoms with Gasteiger partial charge in [0.1, 0.15) is 17.4 Å². The standard InChI is InChI=1S/C22H18N2O5S2/c1-28-15-10-12-16(13-11-15)31(26,27)24-18-7-3-2-6-17(18)22(25)29-14-21-23-19-8-4-5-9-20(19)30-21/h2-13,24H,14H2,1H3. The molecule has 0 aliphatic carbocycles. The van der Waals surface area contributed by atoms with Crippen molar-refractivity contribution in [2.24, 2.45) is 0 Å². The topological polar surface area (TPSA) is 94.6 Å². The molecule has 1 N–H and O–H groups in total. The van der Waals surface area contributed by atoms with E-state index < -0.39 is 16.0 Å². The Hall–Kier alpha value is -3.43. The van der Waals surface area contributed by atoms with E-state index in [9.17, 15) is 13.2 Å². The Bertz CT molecular complexity index is 1300. The van der Waals surface area contributed by atoms with E-state index in [1.165, 1.54) is 42.7 Å². The molecule has 0 unspecified atom stereocenters. The van der Waals surface area contributed by atoms with Gasteiger partial charge in [-0.1, -0.05) is 24.3 Å². The minimum Gasteiger partial charge on any atom is -0.497 e. The summed E-state index contributed by atoms with van der Waals surface area (Å²) in [5.41, 5.74) is 1.08. The van der Waals surface area contributed by atoms with Gasteiger partial charge in [-0.25, -0.2) is 18.2 Å². The van der Waals surface area contributed by atoms with Gasteiger partial charge in [0.05, 0.1) is 33.5 Å². The molecule has 0 aliphatic rings. The third-order valence-electron chi connectivity index (χ3n) is 4.43. The van der Waals surface area contributed by atoms with Crippen LogP contribution >= 0.6 is 11.3 Å². The van der Waals surface area contributed by atoms with Crippen LogP contribution in [0.3, 0.4) is 0 Å². The Labute approximate surface area is 183 Å². The van der Waals surface area contributed by atoms with Gasteiger partial charge in [-0.2, -0.15) is 0 Å². The predicted octanol–water partition coefficient (Wildman–Crippen LogP) is 4.46. The third kappa shape index (κ3) is 4.68. The van der Waals surface area contributed by atoms with Crippen LogP contribution in [0.15, 0.2) is 77.7 Å². The third-order valence-corrected chi connectivity index (χ3v) is 6.82. The fourth-order valence-electron chi connectivity index (χ4n) is 2.90. The lowest BCUT2D eigenvalue weighted by molar-refractivity contribution is 0.0474. The molecule has 7 nitrogen and oxygen atoms in total. The second-order valence-corrected chi connectivity index (χ2v) is 9.28. The molecule has 4 aromatic rings. The van der Waals surface area contributed by atoms with Crippen LogP contribution in [0.4, 0.5) is 5.69 Å². The maximum absolute atomic E-state index is 12.7. The number of para-hydroxylation sites is 2. The molecular formula is C22H18N2O5S2. The van der Waals surface area contributed by atoms with E-state index in [0.717, 1.165) is 10.2 Å². The molecule has 31 heavy (non-hydrogen) atoms. The van der Waals surface area contributed by atoms with E-state index in [0.29, 0.717) is 10.8 Å². The number of aromatic nitrogens is 1. The molecule has 158 valence electrons. The molecule has 3 aromatic carbocycles. The number of nitrogens with zero attached hydrogens (tertiary/aromatic N) is 1. The maximum Gasteiger partial charge on any atom is 0.340 e. The normalized spacial score (nSPS) is 11.3. The van der Waals surface area contributed by atoms with Gasteiger partial charge in [-0.05, 0) is 48.5 Å². The molecule has 9 heteroatoms. The van der Waals surface area contributed by atoms with Crippen molar-refractivity contribution in [2.45, 2.75) is 11.5 Å². The molecule has 1 aromatic heterocycles. The number of esters is 1. The summed E-state index contributed by atoms with van der Waals surface area (Å²) >= 11 is 1.44. The Kier molecular flexibility index (Phi) is 5.88. The zero-order chi connectivity index (χ0) is 21.8. The molecule has 0 saturated carbocycles. The first-order valence-electron chi connectivity index (χ1n) is 9.24. The van der Waals surface area contributed by atoms with Gasteiger partial charge in [-0.3, -0.25) is 4.72 Å². The van der Waals surface area contributed by atoms with Crippen LogP contribution in [0.25, 0.3) is 10.2 Å². The summed E-state index contributed by atoms with van der Waals surface area (Å²) in [5.74, 6) is -0.106. The van der Waals surface area contributed by atoms with Crippen molar-refractivity contribution in [3.05, 3.63) is 83.4 Å². The lowest BCUT2D eigenvalue weighted by Gasteiger charge is -2.12. The van der Waals surface area contributed by atoms with Crippen molar-refractivity contribution in [2.75, 3.05) is 11.8 Å². The van der Waals surface area contributed by atoms with E-state index in [1.54, 1.807) is 24.3 Å². The maximum atomic E-state index is 12.7. The van der Waals surface area contributed by atoms with Crippen molar-refractivity contribution in [1.82, 2.24) is 4.98 Å². The van der Waals surface area contributed by atoms with E-state index in [2.05, 4.69) is 9.71 Å². The summed E-state index contributed by atoms with van der Waals surface area (Å²) in [6.45, 7) is -0.00224. The Morgan fingerprint density at radius 1 is 1.00 bits per heavy atom. The number of hydrogen-bond donors (Lipinski definition) is 1. The number of benzene rings is 3. The van der Waals surface area contributed by atoms with Crippen molar-refractivity contribution < 1.29 is 22.7 Å². The highest BCUT2D eigenvalue weighted by Crippen LogP contribution is 2.25. The van der Waals surface area contributed by atoms with Crippen LogP contribution in [-0.4, -0.2) is 26.5 Å². The van der Waals surface area contributed by atoms with Crippen LogP contribution in [0.5, 0.6) is 5.75 Å². The number of anilines is 1. The van der Waals surface area contributed by atoms with Crippen molar-refractivity contribution in [3.8, 4) is 5.75 Å². The van der Waals surface area contributed by atoms with Crippen LogP contribution in [-0.2, 0) is 21.4 Å². The zero-order valence-corrected chi connectivity index (χ0v) is 18.1. The van der Waals surface area contributed by atoms with Gasteiger partial charge in [-0.15, -0.1) is 11.3 Å². The van der Waals surface area contributed by atoms with Crippen LogP contribution in [0.2, 0.25) is 0 Å². The Balaban J connectivity index is 1.51. The summed E-state index contributed by atoms with van der Waals surface area (Å²) in [6, 6.07) is 19.9. The number of rotatable bonds is 7.